The van der Waals surface area contributed by atoms with Gasteiger partial charge in [-0.1, -0.05) is 34.8 Å². The number of anilines is 1. The Balaban J connectivity index is 2.64. The van der Waals surface area contributed by atoms with Crippen molar-refractivity contribution in [1.29, 1.82) is 0 Å². The van der Waals surface area contributed by atoms with E-state index in [1.54, 1.807) is 29.1 Å². The molecule has 0 saturated carbocycles. The minimum Gasteiger partial charge on any atom is -0.369 e. The molecule has 0 aliphatic rings. The SMILES string of the molecule is Nc1nccn1-c1cc(Cl)c(Cl)cc1Cl. The van der Waals surface area contributed by atoms with Crippen molar-refractivity contribution in [3.63, 3.8) is 0 Å². The van der Waals surface area contributed by atoms with Crippen LogP contribution >= 0.6 is 34.8 Å². The number of hydrogen-bond donors (Lipinski definition) is 1. The number of nitrogen functional groups attached to an aromatic ring is 1. The fourth-order valence-corrected chi connectivity index (χ4v) is 1.85. The van der Waals surface area contributed by atoms with E-state index in [1.807, 2.05) is 0 Å². The van der Waals surface area contributed by atoms with E-state index in [9.17, 15) is 0 Å². The lowest BCUT2D eigenvalue weighted by molar-refractivity contribution is 1.07. The first-order chi connectivity index (χ1) is 7.09. The zero-order valence-corrected chi connectivity index (χ0v) is 9.68. The van der Waals surface area contributed by atoms with Crippen LogP contribution in [-0.2, 0) is 0 Å². The molecule has 0 saturated heterocycles. The molecule has 2 rings (SSSR count). The molecule has 1 aromatic heterocycles. The van der Waals surface area contributed by atoms with Gasteiger partial charge in [0.2, 0.25) is 5.95 Å². The molecule has 0 spiro atoms. The minimum atomic E-state index is 0.343. The van der Waals surface area contributed by atoms with E-state index in [4.69, 9.17) is 40.5 Å². The van der Waals surface area contributed by atoms with Gasteiger partial charge in [-0.15, -0.1) is 0 Å². The van der Waals surface area contributed by atoms with E-state index in [0.29, 0.717) is 26.7 Å². The highest BCUT2D eigenvalue weighted by Crippen LogP contribution is 2.31. The Morgan fingerprint density at radius 2 is 1.73 bits per heavy atom. The summed E-state index contributed by atoms with van der Waals surface area (Å²) in [4.78, 5) is 3.89. The van der Waals surface area contributed by atoms with Crippen LogP contribution in [0.1, 0.15) is 0 Å². The van der Waals surface area contributed by atoms with Crippen molar-refractivity contribution in [2.24, 2.45) is 0 Å². The number of benzene rings is 1. The Morgan fingerprint density at radius 3 is 2.33 bits per heavy atom. The second-order valence-corrected chi connectivity index (χ2v) is 4.09. The summed E-state index contributed by atoms with van der Waals surface area (Å²) in [7, 11) is 0. The fourth-order valence-electron chi connectivity index (χ4n) is 1.22. The van der Waals surface area contributed by atoms with Crippen molar-refractivity contribution >= 4 is 40.8 Å². The van der Waals surface area contributed by atoms with E-state index in [0.717, 1.165) is 0 Å². The molecule has 0 amide bonds. The lowest BCUT2D eigenvalue weighted by Crippen LogP contribution is -2.00. The van der Waals surface area contributed by atoms with Crippen LogP contribution in [0.4, 0.5) is 5.95 Å². The van der Waals surface area contributed by atoms with Crippen molar-refractivity contribution in [2.45, 2.75) is 0 Å². The molecule has 6 heteroatoms. The van der Waals surface area contributed by atoms with E-state index >= 15 is 0 Å². The van der Waals surface area contributed by atoms with Crippen molar-refractivity contribution in [3.05, 3.63) is 39.6 Å². The number of imidazole rings is 1. The first kappa shape index (κ1) is 10.6. The third-order valence-electron chi connectivity index (χ3n) is 1.92. The summed E-state index contributed by atoms with van der Waals surface area (Å²) in [5, 5.41) is 1.29. The van der Waals surface area contributed by atoms with E-state index in [2.05, 4.69) is 4.98 Å². The lowest BCUT2D eigenvalue weighted by atomic mass is 10.3. The quantitative estimate of drug-likeness (QED) is 0.800. The second-order valence-electron chi connectivity index (χ2n) is 2.87. The van der Waals surface area contributed by atoms with Gasteiger partial charge in [0.15, 0.2) is 0 Å². The number of rotatable bonds is 1. The summed E-state index contributed by atoms with van der Waals surface area (Å²) in [5.41, 5.74) is 6.30. The molecule has 1 heterocycles. The number of nitrogens with zero attached hydrogens (tertiary/aromatic N) is 2. The molecule has 78 valence electrons. The standard InChI is InChI=1S/C9H6Cl3N3/c10-5-3-7(12)8(4-6(5)11)15-2-1-14-9(15)13/h1-4H,(H2,13,14). The van der Waals surface area contributed by atoms with E-state index < -0.39 is 0 Å². The Morgan fingerprint density at radius 1 is 1.07 bits per heavy atom. The van der Waals surface area contributed by atoms with Crippen LogP contribution in [0.25, 0.3) is 5.69 Å². The predicted octanol–water partition coefficient (Wildman–Crippen LogP) is 3.41. The van der Waals surface area contributed by atoms with Crippen LogP contribution < -0.4 is 5.73 Å². The van der Waals surface area contributed by atoms with E-state index in [-0.39, 0.29) is 0 Å². The maximum Gasteiger partial charge on any atom is 0.204 e. The largest absolute Gasteiger partial charge is 0.369 e. The number of hydrogen-bond acceptors (Lipinski definition) is 2. The maximum atomic E-state index is 6.02. The summed E-state index contributed by atoms with van der Waals surface area (Å²) >= 11 is 17.7. The predicted molar refractivity (Wildman–Crippen MR) is 63.0 cm³/mol. The molecular weight excluding hydrogens is 256 g/mol. The molecule has 2 aromatic rings. The van der Waals surface area contributed by atoms with E-state index in [1.165, 1.54) is 0 Å². The van der Waals surface area contributed by atoms with Gasteiger partial charge < -0.3 is 5.73 Å². The van der Waals surface area contributed by atoms with Gasteiger partial charge in [-0.25, -0.2) is 4.98 Å². The summed E-state index contributed by atoms with van der Waals surface area (Å²) in [6.45, 7) is 0. The minimum absolute atomic E-state index is 0.343. The van der Waals surface area contributed by atoms with Gasteiger partial charge in [0.05, 0.1) is 20.8 Å². The summed E-state index contributed by atoms with van der Waals surface area (Å²) in [6, 6.07) is 3.21. The smallest absolute Gasteiger partial charge is 0.204 e. The van der Waals surface area contributed by atoms with Crippen molar-refractivity contribution in [1.82, 2.24) is 9.55 Å². The van der Waals surface area contributed by atoms with Crippen LogP contribution in [0, 0.1) is 0 Å². The van der Waals surface area contributed by atoms with Gasteiger partial charge in [-0.3, -0.25) is 4.57 Å². The average molecular weight is 263 g/mol. The van der Waals surface area contributed by atoms with Crippen molar-refractivity contribution in [3.8, 4) is 5.69 Å². The zero-order valence-electron chi connectivity index (χ0n) is 7.42. The molecular formula is C9H6Cl3N3. The van der Waals surface area contributed by atoms with Gasteiger partial charge in [-0.05, 0) is 12.1 Å². The van der Waals surface area contributed by atoms with Crippen LogP contribution in [0.3, 0.4) is 0 Å². The van der Waals surface area contributed by atoms with Crippen molar-refractivity contribution < 1.29 is 0 Å². The fraction of sp³-hybridized carbons (Fsp3) is 0. The zero-order chi connectivity index (χ0) is 11.0. The van der Waals surface area contributed by atoms with Crippen LogP contribution in [0.2, 0.25) is 15.1 Å². The highest BCUT2D eigenvalue weighted by molar-refractivity contribution is 6.43. The molecule has 0 fully saturated rings. The Hall–Kier alpha value is -0.900. The van der Waals surface area contributed by atoms with Gasteiger partial charge in [0.25, 0.3) is 0 Å². The molecule has 0 unspecified atom stereocenters. The van der Waals surface area contributed by atoms with Crippen molar-refractivity contribution in [2.75, 3.05) is 5.73 Å². The van der Waals surface area contributed by atoms with Crippen LogP contribution in [0.5, 0.6) is 0 Å². The summed E-state index contributed by atoms with van der Waals surface area (Å²) < 4.78 is 1.63. The number of aromatic nitrogens is 2. The molecule has 2 N–H and O–H groups in total. The Kier molecular flexibility index (Phi) is 2.78. The topological polar surface area (TPSA) is 43.8 Å². The van der Waals surface area contributed by atoms with Crippen LogP contribution in [0.15, 0.2) is 24.5 Å². The molecule has 0 atom stereocenters. The third-order valence-corrected chi connectivity index (χ3v) is 2.94. The number of halogens is 3. The first-order valence-electron chi connectivity index (χ1n) is 4.03. The van der Waals surface area contributed by atoms with Gasteiger partial charge in [-0.2, -0.15) is 0 Å². The van der Waals surface area contributed by atoms with Crippen LogP contribution in [-0.4, -0.2) is 9.55 Å². The van der Waals surface area contributed by atoms with Gasteiger partial charge in [0.1, 0.15) is 0 Å². The Labute approximate surface area is 101 Å². The summed E-state index contributed by atoms with van der Waals surface area (Å²) in [6.07, 6.45) is 3.27. The highest BCUT2D eigenvalue weighted by Gasteiger charge is 2.09. The Bertz CT molecular complexity index is 507. The molecule has 0 radical (unpaired) electrons. The van der Waals surface area contributed by atoms with Gasteiger partial charge >= 0.3 is 0 Å². The molecule has 0 bridgehead atoms. The number of nitrogens with two attached hydrogens (primary N) is 1. The van der Waals surface area contributed by atoms with Gasteiger partial charge in [0, 0.05) is 12.4 Å². The summed E-state index contributed by atoms with van der Waals surface area (Å²) in [5.74, 6) is 0.343. The highest BCUT2D eigenvalue weighted by atomic mass is 35.5. The molecule has 0 aliphatic carbocycles. The molecule has 1 aromatic carbocycles. The normalized spacial score (nSPS) is 10.6. The second kappa shape index (κ2) is 3.93. The molecule has 0 aliphatic heterocycles. The molecule has 3 nitrogen and oxygen atoms in total. The third kappa shape index (κ3) is 1.91. The maximum absolute atomic E-state index is 6.02. The monoisotopic (exact) mass is 261 g/mol. The first-order valence-corrected chi connectivity index (χ1v) is 5.16. The molecule has 15 heavy (non-hydrogen) atoms. The lowest BCUT2D eigenvalue weighted by Gasteiger charge is -2.08. The average Bonchev–Trinajstić information content (AvgIpc) is 2.58.